The lowest BCUT2D eigenvalue weighted by atomic mass is 10.3. The molecule has 0 aromatic carbocycles. The topological polar surface area (TPSA) is 117 Å². The van der Waals surface area contributed by atoms with Crippen LogP contribution in [0.2, 0.25) is 0 Å². The maximum atomic E-state index is 12.1. The third-order valence-corrected chi connectivity index (χ3v) is 2.90. The predicted molar refractivity (Wildman–Crippen MR) is 63.7 cm³/mol. The van der Waals surface area contributed by atoms with Crippen LogP contribution in [0.25, 0.3) is 0 Å². The van der Waals surface area contributed by atoms with Crippen molar-refractivity contribution in [2.45, 2.75) is 12.8 Å². The number of hydrogen-bond donors (Lipinski definition) is 2. The number of nitrogens with one attached hydrogen (secondary N) is 1. The summed E-state index contributed by atoms with van der Waals surface area (Å²) in [5.41, 5.74) is -0.182. The highest BCUT2D eigenvalue weighted by molar-refractivity contribution is 5.94. The predicted octanol–water partition coefficient (Wildman–Crippen LogP) is 0.860. The molecule has 1 amide bonds. The number of nitrogens with zero attached hydrogens (tertiary/aromatic N) is 2. The summed E-state index contributed by atoms with van der Waals surface area (Å²) in [5, 5.41) is 19.3. The van der Waals surface area contributed by atoms with Gasteiger partial charge in [0.25, 0.3) is 11.6 Å². The van der Waals surface area contributed by atoms with Crippen LogP contribution in [0.4, 0.5) is 5.69 Å². The number of nitro groups is 1. The molecule has 0 aliphatic heterocycles. The van der Waals surface area contributed by atoms with Crippen molar-refractivity contribution < 1.29 is 19.6 Å². The van der Waals surface area contributed by atoms with E-state index in [0.29, 0.717) is 12.5 Å². The Balaban J connectivity index is 2.11. The molecule has 19 heavy (non-hydrogen) atoms. The number of aliphatic carboxylic acids is 1. The molecule has 1 aliphatic rings. The van der Waals surface area contributed by atoms with Crippen LogP contribution in [0.1, 0.15) is 23.3 Å². The molecule has 1 heterocycles. The van der Waals surface area contributed by atoms with Crippen LogP contribution in [0.3, 0.4) is 0 Å². The lowest BCUT2D eigenvalue weighted by Gasteiger charge is -2.19. The van der Waals surface area contributed by atoms with Crippen LogP contribution in [-0.4, -0.2) is 44.9 Å². The number of amides is 1. The number of aromatic amines is 1. The Morgan fingerprint density at radius 1 is 1.53 bits per heavy atom. The first-order valence-corrected chi connectivity index (χ1v) is 5.81. The Bertz CT molecular complexity index is 520. The highest BCUT2D eigenvalue weighted by atomic mass is 16.6. The van der Waals surface area contributed by atoms with Gasteiger partial charge in [-0.25, -0.2) is 0 Å². The lowest BCUT2D eigenvalue weighted by Crippen LogP contribution is -2.37. The van der Waals surface area contributed by atoms with E-state index in [1.165, 1.54) is 4.90 Å². The minimum atomic E-state index is -1.10. The molecule has 102 valence electrons. The van der Waals surface area contributed by atoms with E-state index in [0.717, 1.165) is 25.1 Å². The van der Waals surface area contributed by atoms with Crippen molar-refractivity contribution in [1.29, 1.82) is 0 Å². The zero-order valence-electron chi connectivity index (χ0n) is 10.0. The maximum absolute atomic E-state index is 12.1. The summed E-state index contributed by atoms with van der Waals surface area (Å²) >= 11 is 0. The average molecular weight is 267 g/mol. The number of hydrogen-bond acceptors (Lipinski definition) is 4. The Kier molecular flexibility index (Phi) is 3.50. The van der Waals surface area contributed by atoms with Crippen molar-refractivity contribution in [2.24, 2.45) is 5.92 Å². The van der Waals surface area contributed by atoms with Gasteiger partial charge in [-0.1, -0.05) is 0 Å². The van der Waals surface area contributed by atoms with E-state index in [2.05, 4.69) is 4.98 Å². The van der Waals surface area contributed by atoms with Crippen LogP contribution < -0.4 is 0 Å². The van der Waals surface area contributed by atoms with Crippen molar-refractivity contribution in [2.75, 3.05) is 13.1 Å². The number of rotatable bonds is 6. The number of H-pyrrole nitrogens is 1. The van der Waals surface area contributed by atoms with Crippen molar-refractivity contribution in [3.63, 3.8) is 0 Å². The Labute approximate surface area is 108 Å². The van der Waals surface area contributed by atoms with E-state index in [1.54, 1.807) is 0 Å². The minimum absolute atomic E-state index is 0.0357. The SMILES string of the molecule is O=C(O)CN(CC1CC1)C(=O)c1cc([N+](=O)[O-])c[nH]1. The van der Waals surface area contributed by atoms with Gasteiger partial charge >= 0.3 is 5.97 Å². The summed E-state index contributed by atoms with van der Waals surface area (Å²) in [6.45, 7) is -0.0277. The van der Waals surface area contributed by atoms with Gasteiger partial charge in [-0.2, -0.15) is 0 Å². The normalized spacial score (nSPS) is 14.1. The van der Waals surface area contributed by atoms with Crippen LogP contribution in [0, 0.1) is 16.0 Å². The molecule has 1 fully saturated rings. The molecule has 1 aromatic heterocycles. The van der Waals surface area contributed by atoms with Gasteiger partial charge in [-0.3, -0.25) is 19.7 Å². The molecule has 1 aliphatic carbocycles. The number of carboxylic acids is 1. The molecule has 0 bridgehead atoms. The first-order valence-electron chi connectivity index (χ1n) is 5.81. The number of carbonyl (C=O) groups is 2. The zero-order valence-corrected chi connectivity index (χ0v) is 10.0. The molecule has 8 heteroatoms. The highest BCUT2D eigenvalue weighted by Gasteiger charge is 2.29. The summed E-state index contributed by atoms with van der Waals surface area (Å²) in [6.07, 6.45) is 3.08. The molecule has 0 spiro atoms. The fourth-order valence-electron chi connectivity index (χ4n) is 1.78. The monoisotopic (exact) mass is 267 g/mol. The standard InChI is InChI=1S/C11H13N3O5/c15-10(16)6-13(5-7-1-2-7)11(17)9-3-8(4-12-9)14(18)19/h3-4,7,12H,1-2,5-6H2,(H,15,16). The van der Waals surface area contributed by atoms with E-state index in [4.69, 9.17) is 5.11 Å². The maximum Gasteiger partial charge on any atom is 0.323 e. The zero-order chi connectivity index (χ0) is 14.0. The summed E-state index contributed by atoms with van der Waals surface area (Å²) in [6, 6.07) is 1.12. The minimum Gasteiger partial charge on any atom is -0.480 e. The third kappa shape index (κ3) is 3.30. The fourth-order valence-corrected chi connectivity index (χ4v) is 1.78. The molecule has 2 rings (SSSR count). The van der Waals surface area contributed by atoms with Gasteiger partial charge in [0.05, 0.1) is 11.1 Å². The number of carboxylic acid groups (broad SMARTS) is 1. The van der Waals surface area contributed by atoms with Gasteiger partial charge in [0.1, 0.15) is 12.2 Å². The second-order valence-electron chi connectivity index (χ2n) is 4.55. The van der Waals surface area contributed by atoms with Gasteiger partial charge in [-0.15, -0.1) is 0 Å². The summed E-state index contributed by atoms with van der Waals surface area (Å²) < 4.78 is 0. The Hall–Kier alpha value is -2.38. The summed E-state index contributed by atoms with van der Waals surface area (Å²) in [5.74, 6) is -1.29. The van der Waals surface area contributed by atoms with Gasteiger partial charge in [0, 0.05) is 12.6 Å². The molecule has 1 saturated carbocycles. The molecule has 0 atom stereocenters. The van der Waals surface area contributed by atoms with E-state index >= 15 is 0 Å². The van der Waals surface area contributed by atoms with Gasteiger partial charge in [-0.05, 0) is 18.8 Å². The second-order valence-corrected chi connectivity index (χ2v) is 4.55. The van der Waals surface area contributed by atoms with Crippen LogP contribution in [0.5, 0.6) is 0 Å². The van der Waals surface area contributed by atoms with Crippen LogP contribution >= 0.6 is 0 Å². The number of carbonyl (C=O) groups excluding carboxylic acids is 1. The molecular weight excluding hydrogens is 254 g/mol. The first kappa shape index (κ1) is 13.1. The molecule has 8 nitrogen and oxygen atoms in total. The second kappa shape index (κ2) is 5.09. The molecular formula is C11H13N3O5. The fraction of sp³-hybridized carbons (Fsp3) is 0.455. The summed E-state index contributed by atoms with van der Waals surface area (Å²) in [7, 11) is 0. The van der Waals surface area contributed by atoms with E-state index in [-0.39, 0.29) is 11.4 Å². The molecule has 0 unspecified atom stereocenters. The Morgan fingerprint density at radius 3 is 2.68 bits per heavy atom. The molecule has 1 aromatic rings. The van der Waals surface area contributed by atoms with Gasteiger partial charge in [0.15, 0.2) is 0 Å². The quantitative estimate of drug-likeness (QED) is 0.585. The van der Waals surface area contributed by atoms with Gasteiger partial charge < -0.3 is 15.0 Å². The molecule has 2 N–H and O–H groups in total. The van der Waals surface area contributed by atoms with Crippen molar-refractivity contribution >= 4 is 17.6 Å². The number of aromatic nitrogens is 1. The van der Waals surface area contributed by atoms with Crippen molar-refractivity contribution in [3.05, 3.63) is 28.1 Å². The highest BCUT2D eigenvalue weighted by Crippen LogP contribution is 2.30. The van der Waals surface area contributed by atoms with Crippen LogP contribution in [0.15, 0.2) is 12.3 Å². The van der Waals surface area contributed by atoms with Crippen molar-refractivity contribution in [1.82, 2.24) is 9.88 Å². The average Bonchev–Trinajstić information content (AvgIpc) is 3.00. The van der Waals surface area contributed by atoms with E-state index in [9.17, 15) is 19.7 Å². The molecule has 0 saturated heterocycles. The Morgan fingerprint density at radius 2 is 2.21 bits per heavy atom. The third-order valence-electron chi connectivity index (χ3n) is 2.90. The van der Waals surface area contributed by atoms with E-state index in [1.807, 2.05) is 0 Å². The first-order chi connectivity index (χ1) is 8.97. The summed E-state index contributed by atoms with van der Waals surface area (Å²) in [4.78, 5) is 36.5. The van der Waals surface area contributed by atoms with E-state index < -0.39 is 23.3 Å². The van der Waals surface area contributed by atoms with Crippen molar-refractivity contribution in [3.8, 4) is 0 Å². The van der Waals surface area contributed by atoms with Crippen LogP contribution in [-0.2, 0) is 4.79 Å². The largest absolute Gasteiger partial charge is 0.480 e. The lowest BCUT2D eigenvalue weighted by molar-refractivity contribution is -0.384. The van der Waals surface area contributed by atoms with Gasteiger partial charge in [0.2, 0.25) is 0 Å². The smallest absolute Gasteiger partial charge is 0.323 e. The molecule has 0 radical (unpaired) electrons.